The van der Waals surface area contributed by atoms with Gasteiger partial charge in [0.25, 0.3) is 5.91 Å². The molecule has 21 heavy (non-hydrogen) atoms. The maximum atomic E-state index is 13.0. The maximum absolute atomic E-state index is 13.0. The van der Waals surface area contributed by atoms with E-state index in [1.54, 1.807) is 7.11 Å². The fraction of sp³-hybridized carbons (Fsp3) is 0.188. The molecule has 0 bridgehead atoms. The van der Waals surface area contributed by atoms with E-state index < -0.39 is 0 Å². The molecule has 0 atom stereocenters. The Morgan fingerprint density at radius 2 is 1.86 bits per heavy atom. The van der Waals surface area contributed by atoms with E-state index in [1.807, 2.05) is 24.3 Å². The van der Waals surface area contributed by atoms with Gasteiger partial charge in [-0.1, -0.05) is 24.3 Å². The zero-order valence-electron chi connectivity index (χ0n) is 11.5. The summed E-state index contributed by atoms with van der Waals surface area (Å²) in [7, 11) is 1.65. The Kier molecular flexibility index (Phi) is 5.47. The summed E-state index contributed by atoms with van der Waals surface area (Å²) in [5.41, 5.74) is 2.47. The molecule has 2 rings (SSSR count). The number of hydrogen-bond donors (Lipinski definition) is 1. The number of amides is 1. The highest BCUT2D eigenvalue weighted by atomic mass is 79.9. The monoisotopic (exact) mass is 351 g/mol. The van der Waals surface area contributed by atoms with Crippen molar-refractivity contribution in [2.75, 3.05) is 7.11 Å². The predicted octanol–water partition coefficient (Wildman–Crippen LogP) is 3.66. The number of carbonyl (C=O) groups is 1. The normalized spacial score (nSPS) is 10.4. The van der Waals surface area contributed by atoms with Gasteiger partial charge in [0.2, 0.25) is 0 Å². The van der Waals surface area contributed by atoms with Crippen molar-refractivity contribution in [2.45, 2.75) is 13.2 Å². The molecule has 0 aliphatic carbocycles. The summed E-state index contributed by atoms with van der Waals surface area (Å²) in [6.45, 7) is 0.977. The molecular weight excluding hydrogens is 337 g/mol. The Balaban J connectivity index is 1.97. The van der Waals surface area contributed by atoms with Gasteiger partial charge in [0.15, 0.2) is 0 Å². The molecule has 0 unspecified atom stereocenters. The lowest BCUT2D eigenvalue weighted by Crippen LogP contribution is -2.23. The van der Waals surface area contributed by atoms with E-state index >= 15 is 0 Å². The van der Waals surface area contributed by atoms with Gasteiger partial charge >= 0.3 is 0 Å². The van der Waals surface area contributed by atoms with Gasteiger partial charge in [-0.2, -0.15) is 0 Å². The van der Waals surface area contributed by atoms with Crippen LogP contribution >= 0.6 is 15.9 Å². The first-order valence-corrected chi connectivity index (χ1v) is 7.19. The minimum absolute atomic E-state index is 0.247. The second-order valence-electron chi connectivity index (χ2n) is 4.56. The van der Waals surface area contributed by atoms with E-state index in [4.69, 9.17) is 4.74 Å². The van der Waals surface area contributed by atoms with Crippen LogP contribution in [0.1, 0.15) is 21.5 Å². The molecule has 110 valence electrons. The quantitative estimate of drug-likeness (QED) is 0.892. The number of nitrogens with one attached hydrogen (secondary N) is 1. The predicted molar refractivity (Wildman–Crippen MR) is 82.4 cm³/mol. The second-order valence-corrected chi connectivity index (χ2v) is 5.41. The van der Waals surface area contributed by atoms with Crippen LogP contribution in [0.5, 0.6) is 0 Å². The molecular formula is C16H15BrFNO2. The van der Waals surface area contributed by atoms with Gasteiger partial charge in [-0.05, 0) is 45.3 Å². The molecule has 2 aromatic carbocycles. The van der Waals surface area contributed by atoms with E-state index in [0.717, 1.165) is 11.1 Å². The summed E-state index contributed by atoms with van der Waals surface area (Å²) in [6.07, 6.45) is 0. The molecule has 3 nitrogen and oxygen atoms in total. The maximum Gasteiger partial charge on any atom is 0.252 e. The molecule has 2 aromatic rings. The van der Waals surface area contributed by atoms with E-state index in [1.165, 1.54) is 18.2 Å². The van der Waals surface area contributed by atoms with Crippen LogP contribution in [0.15, 0.2) is 46.9 Å². The highest BCUT2D eigenvalue weighted by Gasteiger charge is 2.10. The molecule has 0 heterocycles. The first-order valence-electron chi connectivity index (χ1n) is 6.40. The van der Waals surface area contributed by atoms with E-state index in [0.29, 0.717) is 23.2 Å². The summed E-state index contributed by atoms with van der Waals surface area (Å²) < 4.78 is 18.5. The lowest BCUT2D eigenvalue weighted by atomic mass is 10.1. The lowest BCUT2D eigenvalue weighted by Gasteiger charge is -2.08. The summed E-state index contributed by atoms with van der Waals surface area (Å²) >= 11 is 3.19. The van der Waals surface area contributed by atoms with Crippen LogP contribution in [0.4, 0.5) is 4.39 Å². The van der Waals surface area contributed by atoms with Crippen molar-refractivity contribution >= 4 is 21.8 Å². The van der Waals surface area contributed by atoms with Crippen LogP contribution in [-0.4, -0.2) is 13.0 Å². The molecule has 0 aliphatic rings. The largest absolute Gasteiger partial charge is 0.380 e. The van der Waals surface area contributed by atoms with Crippen molar-refractivity contribution in [1.29, 1.82) is 0 Å². The van der Waals surface area contributed by atoms with Crippen LogP contribution in [0, 0.1) is 5.82 Å². The Labute approximate surface area is 131 Å². The number of benzene rings is 2. The van der Waals surface area contributed by atoms with Crippen molar-refractivity contribution in [1.82, 2.24) is 5.32 Å². The third-order valence-electron chi connectivity index (χ3n) is 2.96. The number of carbonyl (C=O) groups excluding carboxylic acids is 1. The lowest BCUT2D eigenvalue weighted by molar-refractivity contribution is 0.0950. The second kappa shape index (κ2) is 7.33. The van der Waals surface area contributed by atoms with Gasteiger partial charge in [0.1, 0.15) is 5.82 Å². The fourth-order valence-corrected chi connectivity index (χ4v) is 2.40. The zero-order valence-corrected chi connectivity index (χ0v) is 13.1. The number of halogens is 2. The molecule has 0 aromatic heterocycles. The summed E-state index contributed by atoms with van der Waals surface area (Å²) in [4.78, 5) is 12.0. The van der Waals surface area contributed by atoms with Gasteiger partial charge in [-0.15, -0.1) is 0 Å². The molecule has 5 heteroatoms. The third-order valence-corrected chi connectivity index (χ3v) is 3.62. The van der Waals surface area contributed by atoms with Crippen LogP contribution in [0.25, 0.3) is 0 Å². The minimum Gasteiger partial charge on any atom is -0.380 e. The van der Waals surface area contributed by atoms with Gasteiger partial charge < -0.3 is 10.1 Å². The Bertz CT molecular complexity index is 629. The third kappa shape index (κ3) is 4.37. The molecule has 1 amide bonds. The molecule has 0 spiro atoms. The summed E-state index contributed by atoms with van der Waals surface area (Å²) in [5, 5.41) is 2.80. The number of methoxy groups -OCH3 is 1. The van der Waals surface area contributed by atoms with Crippen LogP contribution in [0.3, 0.4) is 0 Å². The van der Waals surface area contributed by atoms with Crippen LogP contribution in [0.2, 0.25) is 0 Å². The number of ether oxygens (including phenoxy) is 1. The molecule has 0 aliphatic heterocycles. The van der Waals surface area contributed by atoms with Crippen molar-refractivity contribution in [2.24, 2.45) is 0 Å². The average molecular weight is 352 g/mol. The van der Waals surface area contributed by atoms with Gasteiger partial charge in [-0.3, -0.25) is 4.79 Å². The minimum atomic E-state index is -0.382. The highest BCUT2D eigenvalue weighted by Crippen LogP contribution is 2.18. The smallest absolute Gasteiger partial charge is 0.252 e. The first kappa shape index (κ1) is 15.7. The van der Waals surface area contributed by atoms with Gasteiger partial charge in [-0.25, -0.2) is 4.39 Å². The Hall–Kier alpha value is -1.72. The molecule has 0 fully saturated rings. The summed E-state index contributed by atoms with van der Waals surface area (Å²) in [6, 6.07) is 11.8. The first-order chi connectivity index (χ1) is 10.1. The fourth-order valence-electron chi connectivity index (χ4n) is 1.87. The Morgan fingerprint density at radius 3 is 2.48 bits per heavy atom. The molecule has 0 saturated carbocycles. The highest BCUT2D eigenvalue weighted by molar-refractivity contribution is 9.10. The van der Waals surface area contributed by atoms with Crippen LogP contribution < -0.4 is 5.32 Å². The van der Waals surface area contributed by atoms with E-state index in [-0.39, 0.29) is 11.7 Å². The topological polar surface area (TPSA) is 38.3 Å². The van der Waals surface area contributed by atoms with Gasteiger partial charge in [0, 0.05) is 18.1 Å². The Morgan fingerprint density at radius 1 is 1.19 bits per heavy atom. The van der Waals surface area contributed by atoms with Gasteiger partial charge in [0.05, 0.1) is 12.2 Å². The standard InChI is InChI=1S/C16H15BrFNO2/c1-21-10-12-4-2-11(3-5-12)9-19-16(20)14-7-6-13(18)8-15(14)17/h2-8H,9-10H2,1H3,(H,19,20). The van der Waals surface area contributed by atoms with E-state index in [2.05, 4.69) is 21.2 Å². The van der Waals surface area contributed by atoms with E-state index in [9.17, 15) is 9.18 Å². The number of hydrogen-bond acceptors (Lipinski definition) is 2. The molecule has 1 N–H and O–H groups in total. The summed E-state index contributed by atoms with van der Waals surface area (Å²) in [5.74, 6) is -0.630. The van der Waals surface area contributed by atoms with Crippen molar-refractivity contribution < 1.29 is 13.9 Å². The van der Waals surface area contributed by atoms with Crippen molar-refractivity contribution in [3.8, 4) is 0 Å². The molecule has 0 radical (unpaired) electrons. The molecule has 0 saturated heterocycles. The van der Waals surface area contributed by atoms with Crippen LogP contribution in [-0.2, 0) is 17.9 Å². The SMILES string of the molecule is COCc1ccc(CNC(=O)c2ccc(F)cc2Br)cc1. The average Bonchev–Trinajstić information content (AvgIpc) is 2.46. The van der Waals surface area contributed by atoms with Crippen molar-refractivity contribution in [3.05, 3.63) is 69.4 Å². The number of rotatable bonds is 5. The zero-order chi connectivity index (χ0) is 15.2. The van der Waals surface area contributed by atoms with Crippen molar-refractivity contribution in [3.63, 3.8) is 0 Å².